The Kier molecular flexibility index (Phi) is 3.21. The minimum Gasteiger partial charge on any atom is -0.473 e. The van der Waals surface area contributed by atoms with E-state index < -0.39 is 0 Å². The summed E-state index contributed by atoms with van der Waals surface area (Å²) in [4.78, 5) is 4.32. The summed E-state index contributed by atoms with van der Waals surface area (Å²) in [6.45, 7) is 1.97. The maximum absolute atomic E-state index is 6.01. The Balaban J connectivity index is 2.01. The van der Waals surface area contributed by atoms with Crippen molar-refractivity contribution >= 4 is 0 Å². The number of ether oxygens (including phenoxy) is 1. The predicted octanol–water partition coefficient (Wildman–Crippen LogP) is 2.04. The maximum atomic E-state index is 6.01. The molecule has 2 N–H and O–H groups in total. The largest absolute Gasteiger partial charge is 0.473 e. The number of aromatic nitrogens is 1. The van der Waals surface area contributed by atoms with E-state index in [1.807, 2.05) is 25.1 Å². The van der Waals surface area contributed by atoms with Crippen molar-refractivity contribution in [2.45, 2.75) is 44.8 Å². The van der Waals surface area contributed by atoms with Gasteiger partial charge in [0.1, 0.15) is 6.10 Å². The van der Waals surface area contributed by atoms with Gasteiger partial charge in [-0.2, -0.15) is 0 Å². The quantitative estimate of drug-likeness (QED) is 0.805. The fourth-order valence-electron chi connectivity index (χ4n) is 2.01. The van der Waals surface area contributed by atoms with Crippen molar-refractivity contribution in [3.8, 4) is 5.88 Å². The lowest BCUT2D eigenvalue weighted by molar-refractivity contribution is 0.126. The molecule has 1 saturated carbocycles. The number of pyridine rings is 1. The van der Waals surface area contributed by atoms with Crippen LogP contribution in [0.4, 0.5) is 0 Å². The van der Waals surface area contributed by atoms with Crippen LogP contribution < -0.4 is 10.5 Å². The van der Waals surface area contributed by atoms with Gasteiger partial charge in [-0.1, -0.05) is 12.5 Å². The smallest absolute Gasteiger partial charge is 0.213 e. The zero-order chi connectivity index (χ0) is 10.7. The van der Waals surface area contributed by atoms with Crippen LogP contribution in [0.15, 0.2) is 18.2 Å². The van der Waals surface area contributed by atoms with Crippen LogP contribution in [0.25, 0.3) is 0 Å². The van der Waals surface area contributed by atoms with Crippen molar-refractivity contribution in [1.82, 2.24) is 4.98 Å². The summed E-state index contributed by atoms with van der Waals surface area (Å²) in [5.41, 5.74) is 7.00. The lowest BCUT2D eigenvalue weighted by atomic mass is 9.93. The molecule has 1 aromatic rings. The SMILES string of the molecule is Cc1cccc(OC2CCCCC2N)n1. The maximum Gasteiger partial charge on any atom is 0.213 e. The molecule has 0 spiro atoms. The van der Waals surface area contributed by atoms with E-state index in [1.54, 1.807) is 0 Å². The van der Waals surface area contributed by atoms with E-state index in [1.165, 1.54) is 12.8 Å². The molecule has 0 amide bonds. The third-order valence-corrected chi connectivity index (χ3v) is 2.89. The molecule has 1 aliphatic rings. The molecular weight excluding hydrogens is 188 g/mol. The Morgan fingerprint density at radius 1 is 1.33 bits per heavy atom. The minimum absolute atomic E-state index is 0.146. The number of rotatable bonds is 2. The van der Waals surface area contributed by atoms with Crippen LogP contribution in [0.5, 0.6) is 5.88 Å². The van der Waals surface area contributed by atoms with Crippen LogP contribution in [0.2, 0.25) is 0 Å². The summed E-state index contributed by atoms with van der Waals surface area (Å²) >= 11 is 0. The normalized spacial score (nSPS) is 26.3. The van der Waals surface area contributed by atoms with Crippen LogP contribution in [-0.2, 0) is 0 Å². The highest BCUT2D eigenvalue weighted by molar-refractivity contribution is 5.15. The summed E-state index contributed by atoms with van der Waals surface area (Å²) < 4.78 is 5.81. The average molecular weight is 206 g/mol. The van der Waals surface area contributed by atoms with Gasteiger partial charge in [-0.15, -0.1) is 0 Å². The molecule has 0 aliphatic heterocycles. The topological polar surface area (TPSA) is 48.1 Å². The van der Waals surface area contributed by atoms with E-state index in [0.29, 0.717) is 5.88 Å². The monoisotopic (exact) mass is 206 g/mol. The van der Waals surface area contributed by atoms with Gasteiger partial charge in [0.15, 0.2) is 0 Å². The molecule has 2 atom stereocenters. The van der Waals surface area contributed by atoms with Crippen LogP contribution in [-0.4, -0.2) is 17.1 Å². The standard InChI is InChI=1S/C12H18N2O/c1-9-5-4-8-12(14-9)15-11-7-3-2-6-10(11)13/h4-5,8,10-11H,2-3,6-7,13H2,1H3. The molecule has 3 nitrogen and oxygen atoms in total. The number of hydrogen-bond donors (Lipinski definition) is 1. The fourth-order valence-corrected chi connectivity index (χ4v) is 2.01. The molecule has 1 heterocycles. The summed E-state index contributed by atoms with van der Waals surface area (Å²) in [7, 11) is 0. The third kappa shape index (κ3) is 2.69. The predicted molar refractivity (Wildman–Crippen MR) is 59.8 cm³/mol. The Morgan fingerprint density at radius 3 is 2.87 bits per heavy atom. The molecule has 15 heavy (non-hydrogen) atoms. The molecule has 1 aromatic heterocycles. The molecule has 3 heteroatoms. The lowest BCUT2D eigenvalue weighted by Gasteiger charge is -2.28. The molecule has 0 saturated heterocycles. The highest BCUT2D eigenvalue weighted by Gasteiger charge is 2.23. The number of nitrogens with two attached hydrogens (primary N) is 1. The molecule has 0 radical (unpaired) electrons. The first-order valence-corrected chi connectivity index (χ1v) is 5.61. The molecule has 1 fully saturated rings. The Morgan fingerprint density at radius 2 is 2.13 bits per heavy atom. The summed E-state index contributed by atoms with van der Waals surface area (Å²) in [6.07, 6.45) is 4.70. The van der Waals surface area contributed by atoms with Crippen LogP contribution in [0.3, 0.4) is 0 Å². The van der Waals surface area contributed by atoms with Gasteiger partial charge in [0, 0.05) is 17.8 Å². The zero-order valence-electron chi connectivity index (χ0n) is 9.15. The van der Waals surface area contributed by atoms with E-state index >= 15 is 0 Å². The van der Waals surface area contributed by atoms with Crippen molar-refractivity contribution in [2.75, 3.05) is 0 Å². The van der Waals surface area contributed by atoms with E-state index in [2.05, 4.69) is 4.98 Å². The second kappa shape index (κ2) is 4.62. The van der Waals surface area contributed by atoms with Gasteiger partial charge in [-0.25, -0.2) is 4.98 Å². The second-order valence-electron chi connectivity index (χ2n) is 4.22. The summed E-state index contributed by atoms with van der Waals surface area (Å²) in [6, 6.07) is 6.00. The van der Waals surface area contributed by atoms with Gasteiger partial charge in [0.2, 0.25) is 5.88 Å². The van der Waals surface area contributed by atoms with Crippen LogP contribution in [0.1, 0.15) is 31.4 Å². The lowest BCUT2D eigenvalue weighted by Crippen LogP contribution is -2.41. The molecule has 0 bridgehead atoms. The first kappa shape index (κ1) is 10.4. The Labute approximate surface area is 90.7 Å². The Hall–Kier alpha value is -1.09. The van der Waals surface area contributed by atoms with Gasteiger partial charge < -0.3 is 10.5 Å². The summed E-state index contributed by atoms with van der Waals surface area (Å²) in [5, 5.41) is 0. The number of hydrogen-bond acceptors (Lipinski definition) is 3. The van der Waals surface area contributed by atoms with Crippen molar-refractivity contribution in [1.29, 1.82) is 0 Å². The first-order valence-electron chi connectivity index (χ1n) is 5.61. The van der Waals surface area contributed by atoms with Gasteiger partial charge in [-0.05, 0) is 32.3 Å². The van der Waals surface area contributed by atoms with Crippen molar-refractivity contribution in [3.05, 3.63) is 23.9 Å². The molecule has 1 aliphatic carbocycles. The van der Waals surface area contributed by atoms with E-state index in [-0.39, 0.29) is 12.1 Å². The highest BCUT2D eigenvalue weighted by atomic mass is 16.5. The van der Waals surface area contributed by atoms with Crippen LogP contribution >= 0.6 is 0 Å². The molecule has 0 aromatic carbocycles. The van der Waals surface area contributed by atoms with E-state index in [0.717, 1.165) is 18.5 Å². The van der Waals surface area contributed by atoms with Crippen molar-refractivity contribution < 1.29 is 4.74 Å². The van der Waals surface area contributed by atoms with Gasteiger partial charge in [0.25, 0.3) is 0 Å². The van der Waals surface area contributed by atoms with Crippen molar-refractivity contribution in [3.63, 3.8) is 0 Å². The second-order valence-corrected chi connectivity index (χ2v) is 4.22. The minimum atomic E-state index is 0.146. The molecule has 2 rings (SSSR count). The third-order valence-electron chi connectivity index (χ3n) is 2.89. The summed E-state index contributed by atoms with van der Waals surface area (Å²) in [5.74, 6) is 0.706. The van der Waals surface area contributed by atoms with Gasteiger partial charge in [-0.3, -0.25) is 0 Å². The molecule has 2 unspecified atom stereocenters. The first-order chi connectivity index (χ1) is 7.25. The number of aryl methyl sites for hydroxylation is 1. The van der Waals surface area contributed by atoms with E-state index in [4.69, 9.17) is 10.5 Å². The van der Waals surface area contributed by atoms with Gasteiger partial charge >= 0.3 is 0 Å². The van der Waals surface area contributed by atoms with Gasteiger partial charge in [0.05, 0.1) is 0 Å². The molecular formula is C12H18N2O. The zero-order valence-corrected chi connectivity index (χ0v) is 9.15. The van der Waals surface area contributed by atoms with Crippen LogP contribution in [0, 0.1) is 6.92 Å². The van der Waals surface area contributed by atoms with E-state index in [9.17, 15) is 0 Å². The average Bonchev–Trinajstić information content (AvgIpc) is 2.22. The van der Waals surface area contributed by atoms with Crippen molar-refractivity contribution in [2.24, 2.45) is 5.73 Å². The number of nitrogens with zero attached hydrogens (tertiary/aromatic N) is 1. The molecule has 82 valence electrons. The Bertz CT molecular complexity index is 327. The fraction of sp³-hybridized carbons (Fsp3) is 0.583. The highest BCUT2D eigenvalue weighted by Crippen LogP contribution is 2.21.